The minimum Gasteiger partial charge on any atom is -0.463 e. The van der Waals surface area contributed by atoms with E-state index in [9.17, 15) is 19.7 Å². The first-order valence-electron chi connectivity index (χ1n) is 13.6. The van der Waals surface area contributed by atoms with Gasteiger partial charge in [-0.25, -0.2) is 19.8 Å². The van der Waals surface area contributed by atoms with Crippen LogP contribution in [-0.4, -0.2) is 32.0 Å². The van der Waals surface area contributed by atoms with E-state index in [4.69, 9.17) is 21.3 Å². The van der Waals surface area contributed by atoms with Crippen molar-refractivity contribution in [3.63, 3.8) is 0 Å². The summed E-state index contributed by atoms with van der Waals surface area (Å²) in [4.78, 5) is 53.3. The van der Waals surface area contributed by atoms with Crippen LogP contribution in [0, 0.1) is 10.1 Å². The Balaban J connectivity index is 1.61. The highest BCUT2D eigenvalue weighted by molar-refractivity contribution is 7.99. The summed E-state index contributed by atoms with van der Waals surface area (Å²) in [6, 6.07) is 21.3. The molecule has 3 heterocycles. The van der Waals surface area contributed by atoms with E-state index in [2.05, 4.69) is 9.97 Å². The molecule has 0 saturated heterocycles. The zero-order valence-electron chi connectivity index (χ0n) is 23.5. The lowest BCUT2D eigenvalue weighted by Crippen LogP contribution is -2.40. The second kappa shape index (κ2) is 13.0. The van der Waals surface area contributed by atoms with Gasteiger partial charge < -0.3 is 4.74 Å². The van der Waals surface area contributed by atoms with Gasteiger partial charge in [-0.3, -0.25) is 19.5 Å². The van der Waals surface area contributed by atoms with E-state index in [0.29, 0.717) is 42.3 Å². The lowest BCUT2D eigenvalue weighted by molar-refractivity contribution is -0.384. The van der Waals surface area contributed by atoms with Gasteiger partial charge in [0, 0.05) is 40.0 Å². The number of aromatic nitrogens is 3. The Morgan fingerprint density at radius 3 is 2.51 bits per heavy atom. The molecule has 13 heteroatoms. The molecule has 1 aliphatic rings. The van der Waals surface area contributed by atoms with E-state index in [1.54, 1.807) is 61.8 Å². The van der Waals surface area contributed by atoms with Crippen LogP contribution < -0.4 is 14.9 Å². The summed E-state index contributed by atoms with van der Waals surface area (Å²) in [7, 11) is 0. The van der Waals surface area contributed by atoms with Crippen LogP contribution in [0.1, 0.15) is 29.7 Å². The Labute approximate surface area is 269 Å². The molecule has 0 unspecified atom stereocenters. The number of benzene rings is 3. The summed E-state index contributed by atoms with van der Waals surface area (Å²) in [6.45, 7) is 1.84. The average molecular weight is 656 g/mol. The number of fused-ring (bicyclic) bond motifs is 1. The number of hydrogen-bond acceptors (Lipinski definition) is 10. The zero-order chi connectivity index (χ0) is 31.5. The van der Waals surface area contributed by atoms with E-state index in [-0.39, 0.29) is 22.4 Å². The van der Waals surface area contributed by atoms with Gasteiger partial charge in [-0.1, -0.05) is 65.4 Å². The fraction of sp³-hybridized carbons (Fsp3) is 0.0938. The van der Waals surface area contributed by atoms with Crippen molar-refractivity contribution >= 4 is 58.1 Å². The summed E-state index contributed by atoms with van der Waals surface area (Å²) in [5.41, 5.74) is 1.77. The number of hydrogen-bond donors (Lipinski definition) is 0. The van der Waals surface area contributed by atoms with Gasteiger partial charge in [-0.05, 0) is 60.2 Å². The van der Waals surface area contributed by atoms with Gasteiger partial charge in [0.1, 0.15) is 0 Å². The Morgan fingerprint density at radius 1 is 1.09 bits per heavy atom. The molecule has 0 aliphatic carbocycles. The van der Waals surface area contributed by atoms with Crippen LogP contribution in [0.25, 0.3) is 11.8 Å². The van der Waals surface area contributed by atoms with Crippen molar-refractivity contribution < 1.29 is 14.5 Å². The number of ether oxygens (including phenoxy) is 1. The summed E-state index contributed by atoms with van der Waals surface area (Å²) in [6.07, 6.45) is 4.79. The highest BCUT2D eigenvalue weighted by atomic mass is 35.5. The van der Waals surface area contributed by atoms with Crippen molar-refractivity contribution in [2.45, 2.75) is 23.0 Å². The van der Waals surface area contributed by atoms with E-state index in [1.807, 2.05) is 30.3 Å². The smallest absolute Gasteiger partial charge is 0.338 e. The number of thiazole rings is 1. The first kappa shape index (κ1) is 30.1. The Kier molecular flexibility index (Phi) is 8.69. The first-order valence-corrected chi connectivity index (χ1v) is 15.6. The number of carbonyl (C=O) groups excluding carboxylic acids is 1. The quantitative estimate of drug-likeness (QED) is 0.0936. The van der Waals surface area contributed by atoms with Crippen LogP contribution in [0.2, 0.25) is 5.02 Å². The molecule has 0 N–H and O–H groups in total. The largest absolute Gasteiger partial charge is 0.463 e. The van der Waals surface area contributed by atoms with Gasteiger partial charge in [0.25, 0.3) is 11.2 Å². The normalized spacial score (nSPS) is 14.5. The highest BCUT2D eigenvalue weighted by Gasteiger charge is 2.35. The molecule has 0 fully saturated rings. The van der Waals surface area contributed by atoms with Crippen molar-refractivity contribution in [2.75, 3.05) is 6.61 Å². The maximum absolute atomic E-state index is 14.2. The second-order valence-electron chi connectivity index (χ2n) is 9.60. The third-order valence-corrected chi connectivity index (χ3v) is 9.01. The maximum atomic E-state index is 14.2. The molecule has 0 saturated carbocycles. The number of rotatable bonds is 8. The van der Waals surface area contributed by atoms with Gasteiger partial charge in [-0.2, -0.15) is 0 Å². The van der Waals surface area contributed by atoms with E-state index >= 15 is 0 Å². The Hall–Kier alpha value is -4.91. The third-order valence-electron chi connectivity index (χ3n) is 6.79. The molecule has 5 aromatic rings. The maximum Gasteiger partial charge on any atom is 0.338 e. The topological polar surface area (TPSA) is 130 Å². The van der Waals surface area contributed by atoms with Crippen LogP contribution in [0.3, 0.4) is 0 Å². The molecule has 0 spiro atoms. The second-order valence-corrected chi connectivity index (χ2v) is 12.1. The van der Waals surface area contributed by atoms with Crippen molar-refractivity contribution in [3.05, 3.63) is 148 Å². The SMILES string of the molecule is CCOC(=O)C1=C(c2ccccc2)N=c2s/c(=C/c3cc([N+](=O)[O-])ccc3Sc3ncccn3)c(=O)n2[C@H]1c1ccc(Cl)cc1. The fourth-order valence-electron chi connectivity index (χ4n) is 4.83. The predicted molar refractivity (Wildman–Crippen MR) is 172 cm³/mol. The number of nitrogens with zero attached hydrogens (tertiary/aromatic N) is 5. The summed E-state index contributed by atoms with van der Waals surface area (Å²) in [5.74, 6) is -0.602. The van der Waals surface area contributed by atoms with E-state index < -0.39 is 22.5 Å². The summed E-state index contributed by atoms with van der Waals surface area (Å²) in [5, 5.41) is 12.6. The van der Waals surface area contributed by atoms with E-state index in [0.717, 1.165) is 11.3 Å². The van der Waals surface area contributed by atoms with Gasteiger partial charge in [0.05, 0.1) is 33.4 Å². The van der Waals surface area contributed by atoms with Crippen LogP contribution >= 0.6 is 34.7 Å². The molecule has 2 aromatic heterocycles. The molecule has 1 aliphatic heterocycles. The Bertz CT molecular complexity index is 2130. The lowest BCUT2D eigenvalue weighted by Gasteiger charge is -2.25. The minimum atomic E-state index is -0.883. The fourth-order valence-corrected chi connectivity index (χ4v) is 6.75. The summed E-state index contributed by atoms with van der Waals surface area (Å²) < 4.78 is 7.22. The molecule has 224 valence electrons. The average Bonchev–Trinajstić information content (AvgIpc) is 3.36. The molecule has 1 atom stereocenters. The summed E-state index contributed by atoms with van der Waals surface area (Å²) >= 11 is 8.54. The monoisotopic (exact) mass is 655 g/mol. The zero-order valence-corrected chi connectivity index (χ0v) is 25.9. The molecule has 10 nitrogen and oxygen atoms in total. The number of nitro groups is 1. The molecule has 0 amide bonds. The third kappa shape index (κ3) is 6.21. The molecule has 0 bridgehead atoms. The predicted octanol–water partition coefficient (Wildman–Crippen LogP) is 5.44. The molecular formula is C32H22ClN5O5S2. The van der Waals surface area contributed by atoms with Crippen molar-refractivity contribution in [2.24, 2.45) is 4.99 Å². The van der Waals surface area contributed by atoms with Crippen molar-refractivity contribution in [1.82, 2.24) is 14.5 Å². The molecule has 3 aromatic carbocycles. The highest BCUT2D eigenvalue weighted by Crippen LogP contribution is 2.36. The molecular weight excluding hydrogens is 634 g/mol. The van der Waals surface area contributed by atoms with Crippen molar-refractivity contribution in [3.8, 4) is 0 Å². The molecule has 45 heavy (non-hydrogen) atoms. The van der Waals surface area contributed by atoms with Crippen LogP contribution in [0.15, 0.2) is 117 Å². The van der Waals surface area contributed by atoms with Gasteiger partial charge in [0.2, 0.25) is 0 Å². The minimum absolute atomic E-state index is 0.126. The van der Waals surface area contributed by atoms with Crippen LogP contribution in [0.4, 0.5) is 5.69 Å². The molecule has 0 radical (unpaired) electrons. The van der Waals surface area contributed by atoms with Gasteiger partial charge in [-0.15, -0.1) is 0 Å². The van der Waals surface area contributed by atoms with Crippen LogP contribution in [0.5, 0.6) is 0 Å². The number of halogens is 1. The standard InChI is InChI=1S/C32H22ClN5O5S2/c1-2-43-30(40)26-27(19-7-4-3-5-8-19)36-32-37(28(26)20-9-11-22(33)12-10-20)29(39)25(45-32)18-21-17-23(38(41)42)13-14-24(21)44-31-34-15-6-16-35-31/h3-18,28H,2H2,1H3/b25-18+/t28-/m0/s1. The number of esters is 1. The van der Waals surface area contributed by atoms with Crippen molar-refractivity contribution in [1.29, 1.82) is 0 Å². The molecule has 6 rings (SSSR count). The first-order chi connectivity index (χ1) is 21.8. The Morgan fingerprint density at radius 2 is 1.82 bits per heavy atom. The van der Waals surface area contributed by atoms with Gasteiger partial charge in [0.15, 0.2) is 9.96 Å². The number of nitro benzene ring substituents is 1. The lowest BCUT2D eigenvalue weighted by atomic mass is 9.93. The number of non-ortho nitro benzene ring substituents is 1. The van der Waals surface area contributed by atoms with Gasteiger partial charge >= 0.3 is 5.97 Å². The van der Waals surface area contributed by atoms with Crippen LogP contribution in [-0.2, 0) is 9.53 Å². The number of carbonyl (C=O) groups is 1. The van der Waals surface area contributed by atoms with E-state index in [1.165, 1.54) is 28.5 Å².